The van der Waals surface area contributed by atoms with Crippen molar-refractivity contribution < 1.29 is 9.90 Å². The fraction of sp³-hybridized carbons (Fsp3) is 0.733. The molecule has 3 rings (SSSR count). The number of nitrogens with zero attached hydrogens (tertiary/aromatic N) is 2. The van der Waals surface area contributed by atoms with Gasteiger partial charge in [0.15, 0.2) is 0 Å². The number of aliphatic hydroxyl groups excluding tert-OH is 1. The number of amides is 1. The zero-order chi connectivity index (χ0) is 14.7. The number of hydrogen-bond acceptors (Lipinski definition) is 4. The SMILES string of the molecule is O=C(NC1CCCc2c1cnn2CCO)C1CCCCN1. The van der Waals surface area contributed by atoms with Crippen LogP contribution in [-0.4, -0.2) is 40.0 Å². The Hall–Kier alpha value is -1.40. The van der Waals surface area contributed by atoms with Crippen molar-refractivity contribution >= 4 is 5.91 Å². The molecule has 116 valence electrons. The quantitative estimate of drug-likeness (QED) is 0.755. The number of carbonyl (C=O) groups is 1. The van der Waals surface area contributed by atoms with Crippen LogP contribution in [0.25, 0.3) is 0 Å². The van der Waals surface area contributed by atoms with E-state index in [9.17, 15) is 4.79 Å². The Balaban J connectivity index is 1.68. The molecule has 0 saturated carbocycles. The lowest BCUT2D eigenvalue weighted by Gasteiger charge is -2.28. The fourth-order valence-corrected chi connectivity index (χ4v) is 3.40. The van der Waals surface area contributed by atoms with E-state index in [1.165, 1.54) is 0 Å². The number of aliphatic hydroxyl groups is 1. The van der Waals surface area contributed by atoms with Gasteiger partial charge in [-0.05, 0) is 38.6 Å². The normalized spacial score (nSPS) is 25.4. The first-order valence-corrected chi connectivity index (χ1v) is 7.99. The molecule has 1 saturated heterocycles. The van der Waals surface area contributed by atoms with E-state index in [0.717, 1.165) is 56.3 Å². The summed E-state index contributed by atoms with van der Waals surface area (Å²) >= 11 is 0. The smallest absolute Gasteiger partial charge is 0.237 e. The lowest BCUT2D eigenvalue weighted by molar-refractivity contribution is -0.124. The Bertz CT molecular complexity index is 494. The Kier molecular flexibility index (Phi) is 4.55. The number of aromatic nitrogens is 2. The molecule has 1 aromatic heterocycles. The highest BCUT2D eigenvalue weighted by molar-refractivity contribution is 5.82. The van der Waals surface area contributed by atoms with Crippen LogP contribution in [0.5, 0.6) is 0 Å². The largest absolute Gasteiger partial charge is 0.394 e. The van der Waals surface area contributed by atoms with E-state index in [2.05, 4.69) is 15.7 Å². The first-order chi connectivity index (χ1) is 10.3. The molecule has 2 unspecified atom stereocenters. The van der Waals surface area contributed by atoms with E-state index in [1.807, 2.05) is 10.9 Å². The van der Waals surface area contributed by atoms with Gasteiger partial charge in [0.1, 0.15) is 0 Å². The van der Waals surface area contributed by atoms with Gasteiger partial charge in [-0.1, -0.05) is 6.42 Å². The summed E-state index contributed by atoms with van der Waals surface area (Å²) in [5.41, 5.74) is 2.29. The zero-order valence-electron chi connectivity index (χ0n) is 12.3. The van der Waals surface area contributed by atoms with E-state index >= 15 is 0 Å². The van der Waals surface area contributed by atoms with Crippen LogP contribution in [0.2, 0.25) is 0 Å². The van der Waals surface area contributed by atoms with E-state index in [-0.39, 0.29) is 24.6 Å². The summed E-state index contributed by atoms with van der Waals surface area (Å²) in [6, 6.07) is 0.0223. The van der Waals surface area contributed by atoms with Crippen LogP contribution in [-0.2, 0) is 17.8 Å². The van der Waals surface area contributed by atoms with Crippen molar-refractivity contribution in [3.8, 4) is 0 Å². The number of rotatable bonds is 4. The van der Waals surface area contributed by atoms with Crippen LogP contribution in [0, 0.1) is 0 Å². The molecule has 0 spiro atoms. The van der Waals surface area contributed by atoms with Crippen molar-refractivity contribution in [2.75, 3.05) is 13.2 Å². The van der Waals surface area contributed by atoms with Gasteiger partial charge >= 0.3 is 0 Å². The average molecular weight is 292 g/mol. The summed E-state index contributed by atoms with van der Waals surface area (Å²) < 4.78 is 1.87. The topological polar surface area (TPSA) is 79.2 Å². The van der Waals surface area contributed by atoms with Gasteiger partial charge in [0.25, 0.3) is 0 Å². The number of hydrogen-bond donors (Lipinski definition) is 3. The lowest BCUT2D eigenvalue weighted by atomic mass is 9.92. The van der Waals surface area contributed by atoms with Gasteiger partial charge in [-0.3, -0.25) is 9.48 Å². The second-order valence-electron chi connectivity index (χ2n) is 5.95. The molecule has 2 aliphatic rings. The van der Waals surface area contributed by atoms with Gasteiger partial charge < -0.3 is 15.7 Å². The van der Waals surface area contributed by atoms with Gasteiger partial charge in [0, 0.05) is 11.3 Å². The average Bonchev–Trinajstić information content (AvgIpc) is 2.93. The molecular formula is C15H24N4O2. The molecule has 1 aromatic rings. The summed E-state index contributed by atoms with van der Waals surface area (Å²) in [6.07, 6.45) is 8.05. The summed E-state index contributed by atoms with van der Waals surface area (Å²) in [5, 5.41) is 19.9. The molecule has 2 atom stereocenters. The Morgan fingerprint density at radius 3 is 3.10 bits per heavy atom. The third-order valence-electron chi connectivity index (χ3n) is 4.52. The zero-order valence-corrected chi connectivity index (χ0v) is 12.3. The first kappa shape index (κ1) is 14.5. The van der Waals surface area contributed by atoms with Crippen molar-refractivity contribution in [2.45, 2.75) is 57.2 Å². The van der Waals surface area contributed by atoms with Gasteiger partial charge in [0.05, 0.1) is 31.4 Å². The second-order valence-corrected chi connectivity index (χ2v) is 5.95. The first-order valence-electron chi connectivity index (χ1n) is 7.99. The van der Waals surface area contributed by atoms with Crippen molar-refractivity contribution in [1.82, 2.24) is 20.4 Å². The highest BCUT2D eigenvalue weighted by atomic mass is 16.3. The summed E-state index contributed by atoms with van der Waals surface area (Å²) in [7, 11) is 0. The van der Waals surface area contributed by atoms with Gasteiger partial charge in [-0.15, -0.1) is 0 Å². The van der Waals surface area contributed by atoms with E-state index in [1.54, 1.807) is 0 Å². The summed E-state index contributed by atoms with van der Waals surface area (Å²) in [6.45, 7) is 1.56. The highest BCUT2D eigenvalue weighted by Crippen LogP contribution is 2.29. The van der Waals surface area contributed by atoms with Crippen LogP contribution < -0.4 is 10.6 Å². The maximum absolute atomic E-state index is 12.4. The number of carbonyl (C=O) groups excluding carboxylic acids is 1. The van der Waals surface area contributed by atoms with Crippen LogP contribution in [0.4, 0.5) is 0 Å². The summed E-state index contributed by atoms with van der Waals surface area (Å²) in [5.74, 6) is 0.113. The van der Waals surface area contributed by atoms with Crippen molar-refractivity contribution in [2.24, 2.45) is 0 Å². The maximum atomic E-state index is 12.4. The Morgan fingerprint density at radius 1 is 1.43 bits per heavy atom. The molecule has 6 nitrogen and oxygen atoms in total. The minimum Gasteiger partial charge on any atom is -0.394 e. The number of fused-ring (bicyclic) bond motifs is 1. The molecule has 0 bridgehead atoms. The highest BCUT2D eigenvalue weighted by Gasteiger charge is 2.28. The number of piperidine rings is 1. The minimum absolute atomic E-state index is 0.0448. The molecule has 1 fully saturated rings. The van der Waals surface area contributed by atoms with Crippen molar-refractivity contribution in [3.63, 3.8) is 0 Å². The molecule has 1 amide bonds. The van der Waals surface area contributed by atoms with Gasteiger partial charge in [-0.2, -0.15) is 5.10 Å². The standard InChI is InChI=1S/C15H24N4O2/c20-9-8-19-14-6-3-5-12(11(14)10-17-19)18-15(21)13-4-1-2-7-16-13/h10,12-13,16,20H,1-9H2,(H,18,21). The van der Waals surface area contributed by atoms with E-state index in [0.29, 0.717) is 6.54 Å². The monoisotopic (exact) mass is 292 g/mol. The molecule has 6 heteroatoms. The van der Waals surface area contributed by atoms with E-state index in [4.69, 9.17) is 5.11 Å². The third-order valence-corrected chi connectivity index (χ3v) is 4.52. The maximum Gasteiger partial charge on any atom is 0.237 e. The Morgan fingerprint density at radius 2 is 2.33 bits per heavy atom. The van der Waals surface area contributed by atoms with Gasteiger partial charge in [-0.25, -0.2) is 0 Å². The van der Waals surface area contributed by atoms with Crippen molar-refractivity contribution in [1.29, 1.82) is 0 Å². The molecule has 1 aliphatic carbocycles. The summed E-state index contributed by atoms with van der Waals surface area (Å²) in [4.78, 5) is 12.4. The lowest BCUT2D eigenvalue weighted by Crippen LogP contribution is -2.47. The van der Waals surface area contributed by atoms with Crippen LogP contribution >= 0.6 is 0 Å². The third kappa shape index (κ3) is 3.11. The predicted molar refractivity (Wildman–Crippen MR) is 78.8 cm³/mol. The predicted octanol–water partition coefficient (Wildman–Crippen LogP) is 0.511. The second kappa shape index (κ2) is 6.58. The Labute approximate surface area is 124 Å². The van der Waals surface area contributed by atoms with Gasteiger partial charge in [0.2, 0.25) is 5.91 Å². The molecule has 21 heavy (non-hydrogen) atoms. The molecule has 2 heterocycles. The van der Waals surface area contributed by atoms with Crippen molar-refractivity contribution in [3.05, 3.63) is 17.5 Å². The van der Waals surface area contributed by atoms with Crippen LogP contribution in [0.1, 0.15) is 49.4 Å². The van der Waals surface area contributed by atoms with E-state index < -0.39 is 0 Å². The molecule has 1 aliphatic heterocycles. The fourth-order valence-electron chi connectivity index (χ4n) is 3.40. The molecular weight excluding hydrogens is 268 g/mol. The van der Waals surface area contributed by atoms with Crippen LogP contribution in [0.3, 0.4) is 0 Å². The minimum atomic E-state index is -0.0448. The molecule has 0 radical (unpaired) electrons. The molecule has 0 aromatic carbocycles. The molecule has 3 N–H and O–H groups in total. The van der Waals surface area contributed by atoms with Crippen LogP contribution in [0.15, 0.2) is 6.20 Å². The number of nitrogens with one attached hydrogen (secondary N) is 2.